The predicted octanol–water partition coefficient (Wildman–Crippen LogP) is 1.34. The Bertz CT molecular complexity index is 323. The van der Waals surface area contributed by atoms with Crippen LogP contribution >= 0.6 is 15.9 Å². The Hall–Kier alpha value is -1.16. The number of carbonyl (C=O) groups excluding carboxylic acids is 1. The van der Waals surface area contributed by atoms with Crippen molar-refractivity contribution in [2.75, 3.05) is 0 Å². The van der Waals surface area contributed by atoms with Gasteiger partial charge in [0.15, 0.2) is 0 Å². The number of halogens is 1. The standard InChI is InChI=1S/C8H7BrN2O/c9-7-3-1-2-6(11-7)4-5-8(10)12/h1-5H,(H2,10,12)/b5-4-. The third kappa shape index (κ3) is 2.84. The van der Waals surface area contributed by atoms with E-state index in [0.717, 1.165) is 4.60 Å². The topological polar surface area (TPSA) is 56.0 Å². The highest BCUT2D eigenvalue weighted by atomic mass is 79.9. The van der Waals surface area contributed by atoms with Gasteiger partial charge in [-0.2, -0.15) is 0 Å². The van der Waals surface area contributed by atoms with Crippen LogP contribution in [-0.2, 0) is 4.79 Å². The Morgan fingerprint density at radius 3 is 2.92 bits per heavy atom. The number of primary amides is 1. The van der Waals surface area contributed by atoms with Gasteiger partial charge < -0.3 is 5.73 Å². The average Bonchev–Trinajstić information content (AvgIpc) is 2.01. The molecule has 0 atom stereocenters. The van der Waals surface area contributed by atoms with Crippen LogP contribution in [0.25, 0.3) is 6.08 Å². The van der Waals surface area contributed by atoms with E-state index in [1.54, 1.807) is 12.1 Å². The molecule has 0 fully saturated rings. The van der Waals surface area contributed by atoms with E-state index >= 15 is 0 Å². The number of rotatable bonds is 2. The van der Waals surface area contributed by atoms with Crippen molar-refractivity contribution in [1.29, 1.82) is 0 Å². The zero-order valence-corrected chi connectivity index (χ0v) is 7.78. The number of hydrogen-bond donors (Lipinski definition) is 1. The minimum atomic E-state index is -0.475. The summed E-state index contributed by atoms with van der Waals surface area (Å²) in [5, 5.41) is 0. The summed E-state index contributed by atoms with van der Waals surface area (Å²) in [5.74, 6) is -0.475. The molecule has 0 aromatic carbocycles. The van der Waals surface area contributed by atoms with Gasteiger partial charge in [-0.05, 0) is 34.1 Å². The Balaban J connectivity index is 2.83. The first-order valence-electron chi connectivity index (χ1n) is 3.28. The molecule has 1 aromatic heterocycles. The molecule has 1 heterocycles. The molecular formula is C8H7BrN2O. The lowest BCUT2D eigenvalue weighted by atomic mass is 10.3. The zero-order valence-electron chi connectivity index (χ0n) is 6.20. The predicted molar refractivity (Wildman–Crippen MR) is 50.2 cm³/mol. The summed E-state index contributed by atoms with van der Waals surface area (Å²) < 4.78 is 0.731. The normalized spacial score (nSPS) is 10.4. The fraction of sp³-hybridized carbons (Fsp3) is 0. The van der Waals surface area contributed by atoms with Crippen LogP contribution in [0.4, 0.5) is 0 Å². The summed E-state index contributed by atoms with van der Waals surface area (Å²) in [5.41, 5.74) is 5.61. The number of nitrogens with zero attached hydrogens (tertiary/aromatic N) is 1. The molecule has 0 aliphatic rings. The smallest absolute Gasteiger partial charge is 0.241 e. The van der Waals surface area contributed by atoms with Gasteiger partial charge in [0.2, 0.25) is 5.91 Å². The molecule has 0 aliphatic carbocycles. The molecule has 62 valence electrons. The Labute approximate surface area is 78.4 Å². The van der Waals surface area contributed by atoms with Gasteiger partial charge in [0.05, 0.1) is 5.69 Å². The Morgan fingerprint density at radius 1 is 1.58 bits per heavy atom. The van der Waals surface area contributed by atoms with Crippen LogP contribution in [0, 0.1) is 0 Å². The summed E-state index contributed by atoms with van der Waals surface area (Å²) in [7, 11) is 0. The zero-order chi connectivity index (χ0) is 8.97. The molecule has 1 amide bonds. The maximum Gasteiger partial charge on any atom is 0.241 e. The van der Waals surface area contributed by atoms with Gasteiger partial charge in [0.1, 0.15) is 4.60 Å². The first-order valence-corrected chi connectivity index (χ1v) is 4.08. The number of carbonyl (C=O) groups is 1. The average molecular weight is 227 g/mol. The fourth-order valence-corrected chi connectivity index (χ4v) is 1.04. The molecule has 1 rings (SSSR count). The minimum Gasteiger partial charge on any atom is -0.366 e. The van der Waals surface area contributed by atoms with Gasteiger partial charge in [-0.1, -0.05) is 6.07 Å². The second-order valence-corrected chi connectivity index (χ2v) is 2.93. The van der Waals surface area contributed by atoms with Crippen molar-refractivity contribution in [2.24, 2.45) is 5.73 Å². The Morgan fingerprint density at radius 2 is 2.33 bits per heavy atom. The van der Waals surface area contributed by atoms with E-state index in [0.29, 0.717) is 5.69 Å². The maximum atomic E-state index is 10.4. The summed E-state index contributed by atoms with van der Waals surface area (Å²) in [6.45, 7) is 0. The fourth-order valence-electron chi connectivity index (χ4n) is 0.684. The van der Waals surface area contributed by atoms with Crippen LogP contribution in [0.3, 0.4) is 0 Å². The van der Waals surface area contributed by atoms with Crippen molar-refractivity contribution in [2.45, 2.75) is 0 Å². The lowest BCUT2D eigenvalue weighted by Gasteiger charge is -1.91. The van der Waals surface area contributed by atoms with Gasteiger partial charge in [-0.3, -0.25) is 4.79 Å². The highest BCUT2D eigenvalue weighted by Gasteiger charge is 1.90. The highest BCUT2D eigenvalue weighted by Crippen LogP contribution is 2.06. The lowest BCUT2D eigenvalue weighted by Crippen LogP contribution is -2.05. The number of hydrogen-bond acceptors (Lipinski definition) is 2. The van der Waals surface area contributed by atoms with E-state index in [-0.39, 0.29) is 0 Å². The number of amides is 1. The first kappa shape index (κ1) is 8.93. The Kier molecular flexibility index (Phi) is 2.99. The molecule has 4 heteroatoms. The van der Waals surface area contributed by atoms with Gasteiger partial charge in [-0.25, -0.2) is 4.98 Å². The molecule has 0 saturated carbocycles. The van der Waals surface area contributed by atoms with E-state index in [1.165, 1.54) is 6.08 Å². The van der Waals surface area contributed by atoms with E-state index < -0.39 is 5.91 Å². The van der Waals surface area contributed by atoms with Crippen molar-refractivity contribution < 1.29 is 4.79 Å². The molecule has 0 unspecified atom stereocenters. The molecule has 0 saturated heterocycles. The minimum absolute atomic E-state index is 0.475. The second kappa shape index (κ2) is 4.01. The second-order valence-electron chi connectivity index (χ2n) is 2.12. The third-order valence-corrected chi connectivity index (χ3v) is 1.60. The van der Waals surface area contributed by atoms with E-state index in [2.05, 4.69) is 20.9 Å². The van der Waals surface area contributed by atoms with Crippen molar-refractivity contribution >= 4 is 27.9 Å². The lowest BCUT2D eigenvalue weighted by molar-refractivity contribution is -0.113. The molecule has 1 aromatic rings. The monoisotopic (exact) mass is 226 g/mol. The molecule has 0 bridgehead atoms. The molecular weight excluding hydrogens is 220 g/mol. The third-order valence-electron chi connectivity index (χ3n) is 1.16. The molecule has 0 aliphatic heterocycles. The van der Waals surface area contributed by atoms with Crippen molar-refractivity contribution in [1.82, 2.24) is 4.98 Å². The summed E-state index contributed by atoms with van der Waals surface area (Å²) in [6, 6.07) is 5.42. The first-order chi connectivity index (χ1) is 5.68. The van der Waals surface area contributed by atoms with E-state index in [9.17, 15) is 4.79 Å². The van der Waals surface area contributed by atoms with Crippen LogP contribution in [0.15, 0.2) is 28.9 Å². The van der Waals surface area contributed by atoms with Crippen LogP contribution in [0.1, 0.15) is 5.69 Å². The van der Waals surface area contributed by atoms with Gasteiger partial charge in [-0.15, -0.1) is 0 Å². The van der Waals surface area contributed by atoms with Crippen LogP contribution < -0.4 is 5.73 Å². The molecule has 2 N–H and O–H groups in total. The van der Waals surface area contributed by atoms with Gasteiger partial charge in [0, 0.05) is 6.08 Å². The van der Waals surface area contributed by atoms with Crippen molar-refractivity contribution in [3.05, 3.63) is 34.6 Å². The van der Waals surface area contributed by atoms with Crippen LogP contribution in [-0.4, -0.2) is 10.9 Å². The molecule has 0 radical (unpaired) electrons. The summed E-state index contributed by atoms with van der Waals surface area (Å²) in [6.07, 6.45) is 2.84. The van der Waals surface area contributed by atoms with E-state index in [1.807, 2.05) is 12.1 Å². The van der Waals surface area contributed by atoms with E-state index in [4.69, 9.17) is 5.73 Å². The SMILES string of the molecule is NC(=O)/C=C\c1cccc(Br)n1. The number of pyridine rings is 1. The quantitative estimate of drug-likeness (QED) is 0.612. The highest BCUT2D eigenvalue weighted by molar-refractivity contribution is 9.10. The van der Waals surface area contributed by atoms with Crippen molar-refractivity contribution in [3.8, 4) is 0 Å². The van der Waals surface area contributed by atoms with Crippen LogP contribution in [0.2, 0.25) is 0 Å². The summed E-state index contributed by atoms with van der Waals surface area (Å²) >= 11 is 3.21. The van der Waals surface area contributed by atoms with Crippen molar-refractivity contribution in [3.63, 3.8) is 0 Å². The maximum absolute atomic E-state index is 10.4. The largest absolute Gasteiger partial charge is 0.366 e. The van der Waals surface area contributed by atoms with Crippen LogP contribution in [0.5, 0.6) is 0 Å². The molecule has 0 spiro atoms. The number of nitrogens with two attached hydrogens (primary N) is 1. The van der Waals surface area contributed by atoms with Gasteiger partial charge >= 0.3 is 0 Å². The number of aromatic nitrogens is 1. The van der Waals surface area contributed by atoms with Gasteiger partial charge in [0.25, 0.3) is 0 Å². The summed E-state index contributed by atoms with van der Waals surface area (Å²) in [4.78, 5) is 14.4. The molecule has 12 heavy (non-hydrogen) atoms. The molecule has 3 nitrogen and oxygen atoms in total.